The summed E-state index contributed by atoms with van der Waals surface area (Å²) in [6, 6.07) is 0. The lowest BCUT2D eigenvalue weighted by Gasteiger charge is -2.59. The Balaban J connectivity index is 0.000000523. The molecule has 0 nitrogen and oxygen atoms in total. The summed E-state index contributed by atoms with van der Waals surface area (Å²) in [6.45, 7) is 34.2. The quantitative estimate of drug-likeness (QED) is 0.426. The van der Waals surface area contributed by atoms with Gasteiger partial charge in [0.1, 0.15) is 0 Å². The molecule has 29 heavy (non-hydrogen) atoms. The second-order valence-corrected chi connectivity index (χ2v) is 13.1. The van der Waals surface area contributed by atoms with E-state index in [0.29, 0.717) is 16.2 Å². The van der Waals surface area contributed by atoms with E-state index in [0.717, 1.165) is 47.3 Å². The van der Waals surface area contributed by atoms with Gasteiger partial charge in [0.25, 0.3) is 0 Å². The molecule has 0 aromatic carbocycles. The molecule has 0 heterocycles. The Kier molecular flexibility index (Phi) is 10.1. The van der Waals surface area contributed by atoms with E-state index in [2.05, 4.69) is 96.9 Å². The van der Waals surface area contributed by atoms with Gasteiger partial charge in [0, 0.05) is 0 Å². The third kappa shape index (κ3) is 5.26. The summed E-state index contributed by atoms with van der Waals surface area (Å²) in [6.07, 6.45) is 4.20. The maximum atomic E-state index is 2.50. The van der Waals surface area contributed by atoms with Crippen molar-refractivity contribution in [2.24, 2.45) is 63.6 Å². The highest BCUT2D eigenvalue weighted by atomic mass is 14.6. The van der Waals surface area contributed by atoms with Crippen molar-refractivity contribution in [1.82, 2.24) is 0 Å². The van der Waals surface area contributed by atoms with E-state index >= 15 is 0 Å². The van der Waals surface area contributed by atoms with Gasteiger partial charge in [-0.3, -0.25) is 0 Å². The van der Waals surface area contributed by atoms with Crippen LogP contribution < -0.4 is 0 Å². The molecule has 0 N–H and O–H groups in total. The summed E-state index contributed by atoms with van der Waals surface area (Å²) >= 11 is 0. The molecule has 0 spiro atoms. The zero-order valence-corrected chi connectivity index (χ0v) is 22.2. The van der Waals surface area contributed by atoms with Crippen molar-refractivity contribution in [1.29, 1.82) is 0 Å². The second-order valence-electron chi connectivity index (χ2n) is 13.1. The first-order valence-corrected chi connectivity index (χ1v) is 12.5. The van der Waals surface area contributed by atoms with Crippen LogP contribution in [-0.2, 0) is 0 Å². The van der Waals surface area contributed by atoms with Crippen molar-refractivity contribution in [3.63, 3.8) is 0 Å². The van der Waals surface area contributed by atoms with Gasteiger partial charge in [0.15, 0.2) is 0 Å². The van der Waals surface area contributed by atoms with Crippen molar-refractivity contribution < 1.29 is 0 Å². The van der Waals surface area contributed by atoms with E-state index in [1.165, 1.54) is 19.3 Å². The summed E-state index contributed by atoms with van der Waals surface area (Å²) in [4.78, 5) is 0. The van der Waals surface area contributed by atoms with Crippen LogP contribution in [0.2, 0.25) is 0 Å². The molecule has 0 bridgehead atoms. The van der Waals surface area contributed by atoms with Crippen LogP contribution in [0.4, 0.5) is 0 Å². The van der Waals surface area contributed by atoms with E-state index in [-0.39, 0.29) is 7.43 Å². The average Bonchev–Trinajstić information content (AvgIpc) is 2.56. The van der Waals surface area contributed by atoms with E-state index in [1.807, 2.05) is 0 Å². The summed E-state index contributed by atoms with van der Waals surface area (Å²) in [5, 5.41) is 0. The Morgan fingerprint density at radius 3 is 1.31 bits per heavy atom. The molecule has 2 aliphatic rings. The van der Waals surface area contributed by atoms with Crippen LogP contribution in [0.3, 0.4) is 0 Å². The molecule has 2 saturated carbocycles. The molecule has 0 aliphatic heterocycles. The van der Waals surface area contributed by atoms with E-state index in [4.69, 9.17) is 0 Å². The van der Waals surface area contributed by atoms with Crippen LogP contribution in [0.5, 0.6) is 0 Å². The lowest BCUT2D eigenvalue weighted by Crippen LogP contribution is -2.51. The van der Waals surface area contributed by atoms with Crippen LogP contribution in [0.1, 0.15) is 124 Å². The smallest absolute Gasteiger partial charge is 0.0246 e. The molecule has 2 fully saturated rings. The molecule has 0 saturated heterocycles. The molecule has 176 valence electrons. The van der Waals surface area contributed by atoms with Crippen LogP contribution in [-0.4, -0.2) is 0 Å². The van der Waals surface area contributed by atoms with Gasteiger partial charge in [-0.25, -0.2) is 0 Å². The van der Waals surface area contributed by atoms with Gasteiger partial charge in [0.2, 0.25) is 0 Å². The SMILES string of the molecule is C.CC(C)C1(C)CCCC(C)(C)C1(C)C.CC(C)C1C(C)C(C)C(C)C(C)C1C. The molecule has 0 aromatic heterocycles. The maximum absolute atomic E-state index is 2.50. The fraction of sp³-hybridized carbons (Fsp3) is 1.00. The van der Waals surface area contributed by atoms with Gasteiger partial charge in [-0.2, -0.15) is 0 Å². The first kappa shape index (κ1) is 29.0. The number of rotatable bonds is 2. The van der Waals surface area contributed by atoms with Crippen LogP contribution in [0.25, 0.3) is 0 Å². The first-order chi connectivity index (χ1) is 12.5. The Hall–Kier alpha value is 0. The van der Waals surface area contributed by atoms with Crippen molar-refractivity contribution in [3.8, 4) is 0 Å². The topological polar surface area (TPSA) is 0 Å². The molecule has 0 aromatic rings. The second kappa shape index (κ2) is 10.1. The maximum Gasteiger partial charge on any atom is -0.0246 e. The largest absolute Gasteiger partial charge is 0.0776 e. The normalized spacial score (nSPS) is 41.4. The summed E-state index contributed by atoms with van der Waals surface area (Å²) in [5.74, 6) is 7.05. The van der Waals surface area contributed by atoms with E-state index < -0.39 is 0 Å². The van der Waals surface area contributed by atoms with Crippen molar-refractivity contribution in [2.75, 3.05) is 0 Å². The van der Waals surface area contributed by atoms with E-state index in [9.17, 15) is 0 Å². The Bertz CT molecular complexity index is 464. The fourth-order valence-electron chi connectivity index (χ4n) is 7.14. The van der Waals surface area contributed by atoms with Gasteiger partial charge in [-0.05, 0) is 76.4 Å². The molecule has 0 heteroatoms. The van der Waals surface area contributed by atoms with Crippen molar-refractivity contribution in [3.05, 3.63) is 0 Å². The van der Waals surface area contributed by atoms with Gasteiger partial charge < -0.3 is 0 Å². The molecular formula is C29H60. The van der Waals surface area contributed by atoms with Crippen LogP contribution in [0.15, 0.2) is 0 Å². The molecule has 0 radical (unpaired) electrons. The number of hydrogen-bond acceptors (Lipinski definition) is 0. The van der Waals surface area contributed by atoms with Crippen LogP contribution >= 0.6 is 0 Å². The highest BCUT2D eigenvalue weighted by molar-refractivity contribution is 5.02. The predicted octanol–water partition coefficient (Wildman–Crippen LogP) is 9.97. The lowest BCUT2D eigenvalue weighted by molar-refractivity contribution is -0.103. The highest BCUT2D eigenvalue weighted by Crippen LogP contribution is 2.62. The van der Waals surface area contributed by atoms with Crippen molar-refractivity contribution >= 4 is 0 Å². The standard InChI is InChI=1S/2C14H28.CH4/c1-11(2)14(7)10-8-9-12(3,4)13(14,5)6;1-8(2)14-12(6)10(4)9(3)11(5)13(14)7;/h11H,8-10H2,1-7H3;8-14H,1-7H3;1H4. The highest BCUT2D eigenvalue weighted by Gasteiger charge is 2.53. The lowest BCUT2D eigenvalue weighted by atomic mass is 9.45. The third-order valence-corrected chi connectivity index (χ3v) is 11.2. The van der Waals surface area contributed by atoms with Gasteiger partial charge in [0.05, 0.1) is 0 Å². The summed E-state index contributed by atoms with van der Waals surface area (Å²) < 4.78 is 0. The zero-order valence-electron chi connectivity index (χ0n) is 22.2. The Morgan fingerprint density at radius 1 is 0.621 bits per heavy atom. The molecule has 2 aliphatic carbocycles. The molecule has 0 amide bonds. The minimum absolute atomic E-state index is 0. The fourth-order valence-corrected chi connectivity index (χ4v) is 7.14. The first-order valence-electron chi connectivity index (χ1n) is 12.5. The Morgan fingerprint density at radius 2 is 1.00 bits per heavy atom. The minimum atomic E-state index is 0. The Labute approximate surface area is 187 Å². The summed E-state index contributed by atoms with van der Waals surface area (Å²) in [5.41, 5.74) is 1.45. The van der Waals surface area contributed by atoms with Crippen LogP contribution in [0, 0.1) is 63.6 Å². The monoisotopic (exact) mass is 408 g/mol. The average molecular weight is 409 g/mol. The zero-order chi connectivity index (χ0) is 22.2. The number of hydrogen-bond donors (Lipinski definition) is 0. The molecular weight excluding hydrogens is 348 g/mol. The minimum Gasteiger partial charge on any atom is -0.0776 e. The predicted molar refractivity (Wildman–Crippen MR) is 135 cm³/mol. The molecule has 2 rings (SSSR count). The van der Waals surface area contributed by atoms with Crippen molar-refractivity contribution in [2.45, 2.75) is 124 Å². The van der Waals surface area contributed by atoms with E-state index in [1.54, 1.807) is 0 Å². The molecule has 5 unspecified atom stereocenters. The summed E-state index contributed by atoms with van der Waals surface area (Å²) in [7, 11) is 0. The van der Waals surface area contributed by atoms with Gasteiger partial charge in [-0.1, -0.05) is 111 Å². The molecule has 5 atom stereocenters. The third-order valence-electron chi connectivity index (χ3n) is 11.2. The van der Waals surface area contributed by atoms with Gasteiger partial charge in [-0.15, -0.1) is 0 Å². The van der Waals surface area contributed by atoms with Gasteiger partial charge >= 0.3 is 0 Å².